The van der Waals surface area contributed by atoms with Gasteiger partial charge in [-0.1, -0.05) is 6.92 Å². The van der Waals surface area contributed by atoms with Gasteiger partial charge < -0.3 is 9.64 Å². The fourth-order valence-corrected chi connectivity index (χ4v) is 2.73. The molecule has 2 fully saturated rings. The number of rotatable bonds is 3. The summed E-state index contributed by atoms with van der Waals surface area (Å²) < 4.78 is 5.54. The predicted octanol–water partition coefficient (Wildman–Crippen LogP) is 2.20. The van der Waals surface area contributed by atoms with E-state index < -0.39 is 0 Å². The van der Waals surface area contributed by atoms with Gasteiger partial charge in [0.1, 0.15) is 0 Å². The summed E-state index contributed by atoms with van der Waals surface area (Å²) in [7, 11) is 0. The lowest BCUT2D eigenvalue weighted by Crippen LogP contribution is -2.39. The first-order valence-corrected chi connectivity index (χ1v) is 6.65. The number of likely N-dealkylation sites (tertiary alicyclic amines) is 1. The van der Waals surface area contributed by atoms with Crippen LogP contribution in [0.5, 0.6) is 0 Å². The Morgan fingerprint density at radius 2 is 2.25 bits per heavy atom. The molecule has 2 unspecified atom stereocenters. The van der Waals surface area contributed by atoms with E-state index in [0.29, 0.717) is 24.3 Å². The molecular formula is C13H23NO2. The van der Waals surface area contributed by atoms with Gasteiger partial charge in [-0.3, -0.25) is 4.79 Å². The van der Waals surface area contributed by atoms with Gasteiger partial charge in [-0.05, 0) is 38.0 Å². The van der Waals surface area contributed by atoms with Crippen LogP contribution in [0, 0.1) is 5.92 Å². The van der Waals surface area contributed by atoms with Gasteiger partial charge in [-0.25, -0.2) is 0 Å². The Bertz CT molecular complexity index is 236. The molecule has 2 aliphatic rings. The maximum atomic E-state index is 12.0. The lowest BCUT2D eigenvalue weighted by atomic mass is 9.99. The summed E-state index contributed by atoms with van der Waals surface area (Å²) in [6.45, 7) is 5.05. The summed E-state index contributed by atoms with van der Waals surface area (Å²) in [4.78, 5) is 14.0. The van der Waals surface area contributed by atoms with Crippen molar-refractivity contribution in [2.45, 2.75) is 51.6 Å². The molecule has 0 radical (unpaired) electrons. The summed E-state index contributed by atoms with van der Waals surface area (Å²) >= 11 is 0. The average Bonchev–Trinajstić information content (AvgIpc) is 2.78. The Balaban J connectivity index is 1.70. The van der Waals surface area contributed by atoms with Gasteiger partial charge in [-0.2, -0.15) is 0 Å². The van der Waals surface area contributed by atoms with Crippen molar-refractivity contribution in [2.24, 2.45) is 5.92 Å². The second kappa shape index (κ2) is 5.67. The van der Waals surface area contributed by atoms with Crippen molar-refractivity contribution in [1.82, 2.24) is 4.90 Å². The van der Waals surface area contributed by atoms with Gasteiger partial charge >= 0.3 is 0 Å². The Hall–Kier alpha value is -0.570. The molecule has 0 aromatic rings. The van der Waals surface area contributed by atoms with Crippen molar-refractivity contribution in [2.75, 3.05) is 19.7 Å². The highest BCUT2D eigenvalue weighted by atomic mass is 16.5. The second-order valence-electron chi connectivity index (χ2n) is 5.26. The van der Waals surface area contributed by atoms with Gasteiger partial charge in [0.05, 0.1) is 6.10 Å². The smallest absolute Gasteiger partial charge is 0.222 e. The van der Waals surface area contributed by atoms with Crippen molar-refractivity contribution in [3.63, 3.8) is 0 Å². The van der Waals surface area contributed by atoms with Crippen molar-refractivity contribution in [3.05, 3.63) is 0 Å². The largest absolute Gasteiger partial charge is 0.378 e. The molecular weight excluding hydrogens is 202 g/mol. The molecule has 2 rings (SSSR count). The zero-order chi connectivity index (χ0) is 11.4. The summed E-state index contributed by atoms with van der Waals surface area (Å²) in [6, 6.07) is 0. The van der Waals surface area contributed by atoms with E-state index >= 15 is 0 Å². The van der Waals surface area contributed by atoms with Crippen LogP contribution in [0.4, 0.5) is 0 Å². The van der Waals surface area contributed by atoms with Crippen molar-refractivity contribution >= 4 is 5.91 Å². The molecule has 0 bridgehead atoms. The number of carbonyl (C=O) groups is 1. The van der Waals surface area contributed by atoms with Crippen LogP contribution in [0.2, 0.25) is 0 Å². The highest BCUT2D eigenvalue weighted by Gasteiger charge is 2.22. The Kier molecular flexibility index (Phi) is 4.22. The molecule has 2 atom stereocenters. The predicted molar refractivity (Wildman–Crippen MR) is 63.2 cm³/mol. The minimum atomic E-state index is 0.335. The normalized spacial score (nSPS) is 30.7. The van der Waals surface area contributed by atoms with Gasteiger partial charge in [0.15, 0.2) is 0 Å². The number of nitrogens with zero attached hydrogens (tertiary/aromatic N) is 1. The molecule has 0 aromatic heterocycles. The molecule has 0 aromatic carbocycles. The number of carbonyl (C=O) groups excluding carboxylic acids is 1. The van der Waals surface area contributed by atoms with E-state index in [1.54, 1.807) is 0 Å². The maximum Gasteiger partial charge on any atom is 0.222 e. The lowest BCUT2D eigenvalue weighted by Gasteiger charge is -2.31. The Morgan fingerprint density at radius 1 is 1.38 bits per heavy atom. The molecule has 0 N–H and O–H groups in total. The van der Waals surface area contributed by atoms with Gasteiger partial charge in [-0.15, -0.1) is 0 Å². The van der Waals surface area contributed by atoms with Crippen molar-refractivity contribution in [1.29, 1.82) is 0 Å². The zero-order valence-corrected chi connectivity index (χ0v) is 10.3. The maximum absolute atomic E-state index is 12.0. The van der Waals surface area contributed by atoms with Gasteiger partial charge in [0.25, 0.3) is 0 Å². The van der Waals surface area contributed by atoms with Crippen LogP contribution in [-0.4, -0.2) is 36.6 Å². The van der Waals surface area contributed by atoms with Crippen LogP contribution in [0.3, 0.4) is 0 Å². The second-order valence-corrected chi connectivity index (χ2v) is 5.26. The third-order valence-corrected chi connectivity index (χ3v) is 3.71. The van der Waals surface area contributed by atoms with E-state index in [4.69, 9.17) is 4.74 Å². The first-order valence-electron chi connectivity index (χ1n) is 6.65. The standard InChI is InChI=1S/C13H23NO2/c1-11-4-2-8-14(10-11)13(15)7-6-12-5-3-9-16-12/h11-12H,2-10H2,1H3. The first-order chi connectivity index (χ1) is 7.75. The van der Waals surface area contributed by atoms with Gasteiger partial charge in [0.2, 0.25) is 5.91 Å². The molecule has 3 nitrogen and oxygen atoms in total. The number of hydrogen-bond donors (Lipinski definition) is 0. The van der Waals surface area contributed by atoms with E-state index in [-0.39, 0.29) is 0 Å². The van der Waals surface area contributed by atoms with Crippen LogP contribution in [0.25, 0.3) is 0 Å². The number of amides is 1. The highest BCUT2D eigenvalue weighted by molar-refractivity contribution is 5.76. The summed E-state index contributed by atoms with van der Waals surface area (Å²) in [5, 5.41) is 0. The molecule has 2 aliphatic heterocycles. The molecule has 3 heteroatoms. The van der Waals surface area contributed by atoms with E-state index in [1.807, 2.05) is 4.90 Å². The average molecular weight is 225 g/mol. The lowest BCUT2D eigenvalue weighted by molar-refractivity contribution is -0.133. The molecule has 2 saturated heterocycles. The third-order valence-electron chi connectivity index (χ3n) is 3.71. The molecule has 0 spiro atoms. The minimum absolute atomic E-state index is 0.335. The number of ether oxygens (including phenoxy) is 1. The number of hydrogen-bond acceptors (Lipinski definition) is 2. The van der Waals surface area contributed by atoms with Crippen molar-refractivity contribution < 1.29 is 9.53 Å². The first kappa shape index (κ1) is 11.9. The minimum Gasteiger partial charge on any atom is -0.378 e. The fourth-order valence-electron chi connectivity index (χ4n) is 2.73. The molecule has 16 heavy (non-hydrogen) atoms. The van der Waals surface area contributed by atoms with Crippen LogP contribution < -0.4 is 0 Å². The monoisotopic (exact) mass is 225 g/mol. The SMILES string of the molecule is CC1CCCN(C(=O)CCC2CCCO2)C1. The van der Waals surface area contributed by atoms with E-state index in [9.17, 15) is 4.79 Å². The van der Waals surface area contributed by atoms with Crippen molar-refractivity contribution in [3.8, 4) is 0 Å². The summed E-state index contributed by atoms with van der Waals surface area (Å²) in [6.07, 6.45) is 6.71. The molecule has 0 saturated carbocycles. The Morgan fingerprint density at radius 3 is 2.94 bits per heavy atom. The van der Waals surface area contributed by atoms with Crippen LogP contribution in [0.1, 0.15) is 45.4 Å². The van der Waals surface area contributed by atoms with Crippen LogP contribution in [-0.2, 0) is 9.53 Å². The highest BCUT2D eigenvalue weighted by Crippen LogP contribution is 2.20. The molecule has 2 heterocycles. The van der Waals surface area contributed by atoms with E-state index in [2.05, 4.69) is 6.92 Å². The summed E-state index contributed by atoms with van der Waals surface area (Å²) in [5.74, 6) is 1.02. The fraction of sp³-hybridized carbons (Fsp3) is 0.923. The summed E-state index contributed by atoms with van der Waals surface area (Å²) in [5.41, 5.74) is 0. The van der Waals surface area contributed by atoms with Crippen LogP contribution in [0.15, 0.2) is 0 Å². The van der Waals surface area contributed by atoms with E-state index in [0.717, 1.165) is 32.5 Å². The van der Waals surface area contributed by atoms with Gasteiger partial charge in [0, 0.05) is 26.1 Å². The topological polar surface area (TPSA) is 29.5 Å². The van der Waals surface area contributed by atoms with Crippen LogP contribution >= 0.6 is 0 Å². The molecule has 1 amide bonds. The van der Waals surface area contributed by atoms with E-state index in [1.165, 1.54) is 19.3 Å². The number of piperidine rings is 1. The quantitative estimate of drug-likeness (QED) is 0.737. The third kappa shape index (κ3) is 3.21. The Labute approximate surface area is 98.1 Å². The zero-order valence-electron chi connectivity index (χ0n) is 10.3. The molecule has 0 aliphatic carbocycles. The molecule has 92 valence electrons.